The Morgan fingerprint density at radius 1 is 1.21 bits per heavy atom. The van der Waals surface area contributed by atoms with Gasteiger partial charge in [0, 0.05) is 20.2 Å². The molecule has 0 amide bonds. The molecule has 2 N–H and O–H groups in total. The van der Waals surface area contributed by atoms with E-state index in [2.05, 4.69) is 65.0 Å². The Hall–Kier alpha value is -2.07. The van der Waals surface area contributed by atoms with Crippen LogP contribution < -0.4 is 10.6 Å². The van der Waals surface area contributed by atoms with Crippen molar-refractivity contribution in [2.45, 2.75) is 25.8 Å². The van der Waals surface area contributed by atoms with Crippen LogP contribution in [0.2, 0.25) is 0 Å². The van der Waals surface area contributed by atoms with E-state index in [9.17, 15) is 0 Å². The minimum atomic E-state index is 0.176. The van der Waals surface area contributed by atoms with Crippen molar-refractivity contribution >= 4 is 16.7 Å². The molecule has 3 rings (SSSR count). The summed E-state index contributed by atoms with van der Waals surface area (Å²) in [6.07, 6.45) is 2.67. The lowest BCUT2D eigenvalue weighted by Crippen LogP contribution is -2.40. The van der Waals surface area contributed by atoms with Gasteiger partial charge in [0.2, 0.25) is 0 Å². The zero-order valence-electron chi connectivity index (χ0n) is 14.6. The molecule has 0 bridgehead atoms. The number of benzene rings is 2. The minimum Gasteiger partial charge on any atom is -0.379 e. The summed E-state index contributed by atoms with van der Waals surface area (Å²) in [4.78, 5) is 4.32. The molecule has 128 valence electrons. The fourth-order valence-corrected chi connectivity index (χ4v) is 2.88. The summed E-state index contributed by atoms with van der Waals surface area (Å²) in [5, 5.41) is 9.34. The van der Waals surface area contributed by atoms with Crippen LogP contribution in [0, 0.1) is 5.92 Å². The van der Waals surface area contributed by atoms with Gasteiger partial charge in [-0.25, -0.2) is 0 Å². The first-order chi connectivity index (χ1) is 11.8. The molecule has 1 fully saturated rings. The summed E-state index contributed by atoms with van der Waals surface area (Å²) in [6, 6.07) is 15.1. The summed E-state index contributed by atoms with van der Waals surface area (Å²) in [6.45, 7) is 4.56. The Balaban J connectivity index is 1.54. The third-order valence-corrected chi connectivity index (χ3v) is 4.46. The van der Waals surface area contributed by atoms with Crippen LogP contribution in [0.3, 0.4) is 0 Å². The standard InChI is InChI=1S/C20H27N3O/c1-15(18-9-5-7-17-6-3-4-8-19(17)18)23-20(21-2)22-12-13-24-14-16-10-11-16/h3-9,15-16H,10-14H2,1-2H3,(H2,21,22,23). The maximum atomic E-state index is 5.65. The molecule has 1 aliphatic carbocycles. The third kappa shape index (κ3) is 4.48. The average molecular weight is 325 g/mol. The highest BCUT2D eigenvalue weighted by molar-refractivity contribution is 5.87. The maximum absolute atomic E-state index is 5.65. The normalized spacial score (nSPS) is 16.2. The highest BCUT2D eigenvalue weighted by Gasteiger charge is 2.20. The quantitative estimate of drug-likeness (QED) is 0.465. The second kappa shape index (κ2) is 8.15. The lowest BCUT2D eigenvalue weighted by molar-refractivity contribution is 0.129. The van der Waals surface area contributed by atoms with E-state index in [0.717, 1.165) is 31.6 Å². The number of rotatable bonds is 7. The van der Waals surface area contributed by atoms with Crippen molar-refractivity contribution in [2.75, 3.05) is 26.8 Å². The summed E-state index contributed by atoms with van der Waals surface area (Å²) in [5.74, 6) is 1.62. The summed E-state index contributed by atoms with van der Waals surface area (Å²) >= 11 is 0. The third-order valence-electron chi connectivity index (χ3n) is 4.46. The van der Waals surface area contributed by atoms with Gasteiger partial charge in [-0.3, -0.25) is 4.99 Å². The van der Waals surface area contributed by atoms with E-state index in [-0.39, 0.29) is 6.04 Å². The molecule has 2 aromatic rings. The zero-order valence-corrected chi connectivity index (χ0v) is 14.6. The van der Waals surface area contributed by atoms with E-state index >= 15 is 0 Å². The SMILES string of the molecule is CN=C(NCCOCC1CC1)NC(C)c1cccc2ccccc12. The summed E-state index contributed by atoms with van der Waals surface area (Å²) in [5.41, 5.74) is 1.28. The summed E-state index contributed by atoms with van der Waals surface area (Å²) < 4.78 is 5.65. The Morgan fingerprint density at radius 2 is 2.00 bits per heavy atom. The number of guanidine groups is 1. The molecule has 1 atom stereocenters. The van der Waals surface area contributed by atoms with Crippen LogP contribution in [0.15, 0.2) is 47.5 Å². The Morgan fingerprint density at radius 3 is 2.79 bits per heavy atom. The van der Waals surface area contributed by atoms with Gasteiger partial charge in [-0.2, -0.15) is 0 Å². The Kier molecular flexibility index (Phi) is 5.70. The van der Waals surface area contributed by atoms with Crippen LogP contribution in [0.4, 0.5) is 0 Å². The van der Waals surface area contributed by atoms with Gasteiger partial charge in [0.25, 0.3) is 0 Å². The zero-order chi connectivity index (χ0) is 16.8. The predicted molar refractivity (Wildman–Crippen MR) is 100 cm³/mol. The molecule has 1 saturated carbocycles. The first-order valence-corrected chi connectivity index (χ1v) is 8.80. The van der Waals surface area contributed by atoms with Gasteiger partial charge in [-0.05, 0) is 42.0 Å². The van der Waals surface area contributed by atoms with Crippen LogP contribution in [-0.4, -0.2) is 32.8 Å². The number of nitrogens with zero attached hydrogens (tertiary/aromatic N) is 1. The predicted octanol–water partition coefficient (Wildman–Crippen LogP) is 3.49. The highest BCUT2D eigenvalue weighted by Crippen LogP contribution is 2.28. The smallest absolute Gasteiger partial charge is 0.191 e. The van der Waals surface area contributed by atoms with Crippen molar-refractivity contribution in [1.82, 2.24) is 10.6 Å². The molecule has 4 heteroatoms. The van der Waals surface area contributed by atoms with Gasteiger partial charge >= 0.3 is 0 Å². The van der Waals surface area contributed by atoms with E-state index in [1.165, 1.54) is 29.2 Å². The average Bonchev–Trinajstić information content (AvgIpc) is 3.44. The van der Waals surface area contributed by atoms with E-state index in [0.29, 0.717) is 0 Å². The van der Waals surface area contributed by atoms with Crippen LogP contribution in [0.1, 0.15) is 31.4 Å². The molecule has 0 heterocycles. The molecule has 0 saturated heterocycles. The second-order valence-corrected chi connectivity index (χ2v) is 6.45. The molecule has 1 unspecified atom stereocenters. The fourth-order valence-electron chi connectivity index (χ4n) is 2.88. The van der Waals surface area contributed by atoms with Gasteiger partial charge in [-0.1, -0.05) is 42.5 Å². The van der Waals surface area contributed by atoms with E-state index < -0.39 is 0 Å². The van der Waals surface area contributed by atoms with Gasteiger partial charge in [-0.15, -0.1) is 0 Å². The van der Waals surface area contributed by atoms with Crippen LogP contribution in [0.5, 0.6) is 0 Å². The Labute approximate surface area is 144 Å². The van der Waals surface area contributed by atoms with Crippen molar-refractivity contribution in [3.63, 3.8) is 0 Å². The maximum Gasteiger partial charge on any atom is 0.191 e. The van der Waals surface area contributed by atoms with Crippen molar-refractivity contribution in [3.8, 4) is 0 Å². The second-order valence-electron chi connectivity index (χ2n) is 6.45. The van der Waals surface area contributed by atoms with Crippen molar-refractivity contribution < 1.29 is 4.74 Å². The fraction of sp³-hybridized carbons (Fsp3) is 0.450. The molecule has 2 aromatic carbocycles. The highest BCUT2D eigenvalue weighted by atomic mass is 16.5. The molecule has 1 aliphatic rings. The topological polar surface area (TPSA) is 45.7 Å². The lowest BCUT2D eigenvalue weighted by Gasteiger charge is -2.20. The number of ether oxygens (including phenoxy) is 1. The van der Waals surface area contributed by atoms with Crippen LogP contribution in [0.25, 0.3) is 10.8 Å². The number of hydrogen-bond acceptors (Lipinski definition) is 2. The van der Waals surface area contributed by atoms with E-state index in [1.807, 2.05) is 0 Å². The lowest BCUT2D eigenvalue weighted by atomic mass is 10.00. The largest absolute Gasteiger partial charge is 0.379 e. The number of nitrogens with one attached hydrogen (secondary N) is 2. The molecule has 0 spiro atoms. The van der Waals surface area contributed by atoms with E-state index in [1.54, 1.807) is 7.05 Å². The molecule has 0 aliphatic heterocycles. The summed E-state index contributed by atoms with van der Waals surface area (Å²) in [7, 11) is 1.80. The van der Waals surface area contributed by atoms with Gasteiger partial charge in [0.15, 0.2) is 5.96 Å². The van der Waals surface area contributed by atoms with Crippen molar-refractivity contribution in [2.24, 2.45) is 10.9 Å². The molecule has 0 radical (unpaired) electrons. The number of aliphatic imine (C=N–C) groups is 1. The molecule has 24 heavy (non-hydrogen) atoms. The molecule has 0 aromatic heterocycles. The monoisotopic (exact) mass is 325 g/mol. The molecule has 4 nitrogen and oxygen atoms in total. The van der Waals surface area contributed by atoms with Crippen molar-refractivity contribution in [3.05, 3.63) is 48.0 Å². The number of hydrogen-bond donors (Lipinski definition) is 2. The van der Waals surface area contributed by atoms with Crippen LogP contribution in [-0.2, 0) is 4.74 Å². The first-order valence-electron chi connectivity index (χ1n) is 8.80. The Bertz CT molecular complexity index is 689. The molecular weight excluding hydrogens is 298 g/mol. The molecular formula is C20H27N3O. The van der Waals surface area contributed by atoms with Crippen LogP contribution >= 0.6 is 0 Å². The van der Waals surface area contributed by atoms with E-state index in [4.69, 9.17) is 4.74 Å². The minimum absolute atomic E-state index is 0.176. The number of fused-ring (bicyclic) bond motifs is 1. The van der Waals surface area contributed by atoms with Gasteiger partial charge in [0.05, 0.1) is 12.6 Å². The first kappa shape index (κ1) is 16.8. The van der Waals surface area contributed by atoms with Gasteiger partial charge < -0.3 is 15.4 Å². The van der Waals surface area contributed by atoms with Gasteiger partial charge in [0.1, 0.15) is 0 Å². The van der Waals surface area contributed by atoms with Crippen molar-refractivity contribution in [1.29, 1.82) is 0 Å².